The Labute approximate surface area is 171 Å². The van der Waals surface area contributed by atoms with Crippen LogP contribution in [0.3, 0.4) is 0 Å². The van der Waals surface area contributed by atoms with Crippen LogP contribution in [0.25, 0.3) is 0 Å². The molecule has 0 spiro atoms. The Kier molecular flexibility index (Phi) is 6.82. The van der Waals surface area contributed by atoms with Crippen molar-refractivity contribution in [2.24, 2.45) is 0 Å². The molecule has 156 valence electrons. The number of carbonyl (C=O) groups is 1. The van der Waals surface area contributed by atoms with Gasteiger partial charge in [-0.05, 0) is 30.3 Å². The number of nitrogens with zero attached hydrogens (tertiary/aromatic N) is 1. The van der Waals surface area contributed by atoms with Crippen molar-refractivity contribution in [2.45, 2.75) is 6.54 Å². The highest BCUT2D eigenvalue weighted by Gasteiger charge is 2.26. The first-order valence-electron chi connectivity index (χ1n) is 9.65. The van der Waals surface area contributed by atoms with Gasteiger partial charge in [0.25, 0.3) is 5.91 Å². The Hall–Kier alpha value is -2.93. The highest BCUT2D eigenvalue weighted by molar-refractivity contribution is 5.94. The quantitative estimate of drug-likeness (QED) is 0.757. The van der Waals surface area contributed by atoms with Gasteiger partial charge in [-0.1, -0.05) is 0 Å². The number of quaternary nitrogens is 1. The second-order valence-corrected chi connectivity index (χ2v) is 6.97. The van der Waals surface area contributed by atoms with Gasteiger partial charge in [-0.3, -0.25) is 4.79 Å². The molecule has 0 aliphatic carbocycles. The molecule has 0 bridgehead atoms. The molecule has 1 amide bonds. The summed E-state index contributed by atoms with van der Waals surface area (Å²) in [5.74, 6) is 2.94. The number of amides is 1. The monoisotopic (exact) mass is 401 g/mol. The molecule has 3 rings (SSSR count). The molecule has 0 radical (unpaired) electrons. The lowest BCUT2D eigenvalue weighted by Crippen LogP contribution is -3.13. The Morgan fingerprint density at radius 2 is 1.45 bits per heavy atom. The van der Waals surface area contributed by atoms with E-state index in [1.807, 2.05) is 41.3 Å². The molecule has 0 atom stereocenters. The van der Waals surface area contributed by atoms with Crippen molar-refractivity contribution >= 4 is 5.91 Å². The van der Waals surface area contributed by atoms with Crippen LogP contribution >= 0.6 is 0 Å². The summed E-state index contributed by atoms with van der Waals surface area (Å²) in [6, 6.07) is 11.1. The number of methoxy groups -OCH3 is 4. The summed E-state index contributed by atoms with van der Waals surface area (Å²) in [5.41, 5.74) is 1.76. The molecule has 1 aliphatic rings. The maximum absolute atomic E-state index is 12.7. The fourth-order valence-corrected chi connectivity index (χ4v) is 3.62. The van der Waals surface area contributed by atoms with E-state index < -0.39 is 0 Å². The first-order valence-corrected chi connectivity index (χ1v) is 9.65. The van der Waals surface area contributed by atoms with Crippen molar-refractivity contribution < 1.29 is 28.6 Å². The fraction of sp³-hybridized carbons (Fsp3) is 0.409. The van der Waals surface area contributed by atoms with Gasteiger partial charge >= 0.3 is 0 Å². The van der Waals surface area contributed by atoms with Crippen LogP contribution < -0.4 is 23.8 Å². The Balaban J connectivity index is 1.63. The summed E-state index contributed by atoms with van der Waals surface area (Å²) < 4.78 is 21.5. The van der Waals surface area contributed by atoms with Gasteiger partial charge in [0.15, 0.2) is 11.5 Å². The third kappa shape index (κ3) is 4.74. The maximum Gasteiger partial charge on any atom is 0.254 e. The van der Waals surface area contributed by atoms with Gasteiger partial charge < -0.3 is 28.7 Å². The minimum absolute atomic E-state index is 0.0652. The average molecular weight is 401 g/mol. The van der Waals surface area contributed by atoms with Gasteiger partial charge in [0.1, 0.15) is 18.0 Å². The van der Waals surface area contributed by atoms with E-state index >= 15 is 0 Å². The number of hydrogen-bond acceptors (Lipinski definition) is 5. The lowest BCUT2D eigenvalue weighted by molar-refractivity contribution is -0.917. The number of benzene rings is 2. The largest absolute Gasteiger partial charge is 0.497 e. The van der Waals surface area contributed by atoms with E-state index in [4.69, 9.17) is 18.9 Å². The second-order valence-electron chi connectivity index (χ2n) is 6.97. The van der Waals surface area contributed by atoms with Crippen molar-refractivity contribution in [2.75, 3.05) is 54.6 Å². The molecule has 1 N–H and O–H groups in total. The first-order chi connectivity index (χ1) is 14.1. The van der Waals surface area contributed by atoms with Gasteiger partial charge in [0.05, 0.1) is 60.2 Å². The summed E-state index contributed by atoms with van der Waals surface area (Å²) in [5, 5.41) is 0. The van der Waals surface area contributed by atoms with Crippen molar-refractivity contribution in [3.8, 4) is 23.0 Å². The van der Waals surface area contributed by atoms with E-state index in [9.17, 15) is 4.79 Å². The van der Waals surface area contributed by atoms with Crippen LogP contribution in [0, 0.1) is 0 Å². The first kappa shape index (κ1) is 20.8. The molecule has 7 nitrogen and oxygen atoms in total. The van der Waals surface area contributed by atoms with Gasteiger partial charge in [-0.25, -0.2) is 0 Å². The zero-order chi connectivity index (χ0) is 20.8. The highest BCUT2D eigenvalue weighted by atomic mass is 16.5. The molecule has 1 heterocycles. The summed E-state index contributed by atoms with van der Waals surface area (Å²) in [4.78, 5) is 16.1. The molecular formula is C22H29N2O5+. The summed E-state index contributed by atoms with van der Waals surface area (Å²) in [6.45, 7) is 3.98. The maximum atomic E-state index is 12.7. The molecule has 1 fully saturated rings. The molecule has 2 aromatic rings. The van der Waals surface area contributed by atoms with E-state index in [-0.39, 0.29) is 5.91 Å². The Morgan fingerprint density at radius 1 is 0.862 bits per heavy atom. The zero-order valence-electron chi connectivity index (χ0n) is 17.5. The predicted molar refractivity (Wildman–Crippen MR) is 109 cm³/mol. The smallest absolute Gasteiger partial charge is 0.254 e. The molecule has 0 unspecified atom stereocenters. The van der Waals surface area contributed by atoms with Crippen LogP contribution in [0.2, 0.25) is 0 Å². The molecular weight excluding hydrogens is 372 g/mol. The van der Waals surface area contributed by atoms with Crippen LogP contribution in [0.15, 0.2) is 36.4 Å². The molecule has 1 saturated heterocycles. The van der Waals surface area contributed by atoms with Crippen LogP contribution in [0.5, 0.6) is 23.0 Å². The third-order valence-corrected chi connectivity index (χ3v) is 5.32. The molecule has 0 aromatic heterocycles. The van der Waals surface area contributed by atoms with E-state index in [1.165, 1.54) is 4.90 Å². The molecule has 2 aromatic carbocycles. The van der Waals surface area contributed by atoms with Crippen LogP contribution in [-0.4, -0.2) is 65.4 Å². The Morgan fingerprint density at radius 3 is 2.00 bits per heavy atom. The van der Waals surface area contributed by atoms with Crippen molar-refractivity contribution in [1.82, 2.24) is 4.90 Å². The molecule has 1 aliphatic heterocycles. The summed E-state index contributed by atoms with van der Waals surface area (Å²) in [6.07, 6.45) is 0. The standard InChI is InChI=1S/C22H28N2O5/c1-26-18-7-5-16(6-8-18)22(25)24-11-9-23(10-12-24)15-17-13-20(28-3)21(29-4)14-19(17)27-2/h5-8,13-14H,9-12,15H2,1-4H3/p+1. The fourth-order valence-electron chi connectivity index (χ4n) is 3.62. The molecule has 29 heavy (non-hydrogen) atoms. The molecule has 7 heteroatoms. The zero-order valence-corrected chi connectivity index (χ0v) is 17.5. The van der Waals surface area contributed by atoms with Crippen molar-refractivity contribution in [1.29, 1.82) is 0 Å². The number of ether oxygens (including phenoxy) is 4. The Bertz CT molecular complexity index is 830. The lowest BCUT2D eigenvalue weighted by Gasteiger charge is -2.32. The van der Waals surface area contributed by atoms with Gasteiger partial charge in [-0.2, -0.15) is 0 Å². The van der Waals surface area contributed by atoms with Crippen LogP contribution in [-0.2, 0) is 6.54 Å². The number of piperazine rings is 1. The van der Waals surface area contributed by atoms with E-state index in [0.717, 1.165) is 49.8 Å². The lowest BCUT2D eigenvalue weighted by atomic mass is 10.1. The van der Waals surface area contributed by atoms with E-state index in [0.29, 0.717) is 17.1 Å². The van der Waals surface area contributed by atoms with Gasteiger partial charge in [0, 0.05) is 11.6 Å². The van der Waals surface area contributed by atoms with Crippen LogP contribution in [0.1, 0.15) is 15.9 Å². The minimum atomic E-state index is 0.0652. The van der Waals surface area contributed by atoms with Gasteiger partial charge in [-0.15, -0.1) is 0 Å². The van der Waals surface area contributed by atoms with Crippen LogP contribution in [0.4, 0.5) is 0 Å². The number of carbonyl (C=O) groups excluding carboxylic acids is 1. The topological polar surface area (TPSA) is 61.7 Å². The average Bonchev–Trinajstić information content (AvgIpc) is 2.78. The second kappa shape index (κ2) is 9.52. The van der Waals surface area contributed by atoms with E-state index in [1.54, 1.807) is 28.4 Å². The normalized spacial score (nSPS) is 14.4. The number of hydrogen-bond donors (Lipinski definition) is 1. The van der Waals surface area contributed by atoms with Crippen molar-refractivity contribution in [3.05, 3.63) is 47.5 Å². The molecule has 0 saturated carbocycles. The highest BCUT2D eigenvalue weighted by Crippen LogP contribution is 2.34. The number of nitrogens with one attached hydrogen (secondary N) is 1. The summed E-state index contributed by atoms with van der Waals surface area (Å²) in [7, 11) is 6.52. The van der Waals surface area contributed by atoms with Crippen molar-refractivity contribution in [3.63, 3.8) is 0 Å². The third-order valence-electron chi connectivity index (χ3n) is 5.32. The number of rotatable bonds is 7. The SMILES string of the molecule is COc1ccc(C(=O)N2CC[NH+](Cc3cc(OC)c(OC)cc3OC)CC2)cc1. The van der Waals surface area contributed by atoms with E-state index in [2.05, 4.69) is 0 Å². The predicted octanol–water partition coefficient (Wildman–Crippen LogP) is 1.26. The van der Waals surface area contributed by atoms with Gasteiger partial charge in [0.2, 0.25) is 0 Å². The summed E-state index contributed by atoms with van der Waals surface area (Å²) >= 11 is 0. The minimum Gasteiger partial charge on any atom is -0.497 e.